The number of rotatable bonds is 6. The molecule has 1 fully saturated rings. The Bertz CT molecular complexity index is 1020. The van der Waals surface area contributed by atoms with Crippen molar-refractivity contribution in [3.05, 3.63) is 36.4 Å². The lowest BCUT2D eigenvalue weighted by molar-refractivity contribution is -0.123. The number of carbonyl (C=O) groups is 2. The molecule has 2 N–H and O–H groups in total. The summed E-state index contributed by atoms with van der Waals surface area (Å²) in [6.07, 6.45) is 3.52. The highest BCUT2D eigenvalue weighted by molar-refractivity contribution is 8.00. The van der Waals surface area contributed by atoms with E-state index in [2.05, 4.69) is 25.6 Å². The van der Waals surface area contributed by atoms with Gasteiger partial charge in [0.05, 0.1) is 41.4 Å². The number of fused-ring (bicyclic) bond motifs is 1. The molecule has 0 radical (unpaired) electrons. The standard InChI is InChI=1S/C18H17N5O3S2/c1-26-12-7-19-15(20-8-12)9-27-18-23-13-3-2-11(5-14(13)28-18)22-17(25)10-4-16(24)21-6-10/h2-3,5,7-8,10H,4,6,9H2,1H3,(H,21,24)(H,22,25)/t10-/m0/s1. The zero-order valence-corrected chi connectivity index (χ0v) is 16.6. The van der Waals surface area contributed by atoms with Crippen LogP contribution in [0.4, 0.5) is 5.69 Å². The first-order valence-electron chi connectivity index (χ1n) is 8.56. The van der Waals surface area contributed by atoms with E-state index in [4.69, 9.17) is 4.74 Å². The van der Waals surface area contributed by atoms with Crippen LogP contribution < -0.4 is 15.4 Å². The van der Waals surface area contributed by atoms with Crippen LogP contribution in [0.25, 0.3) is 10.2 Å². The minimum atomic E-state index is -0.319. The van der Waals surface area contributed by atoms with E-state index in [0.29, 0.717) is 29.6 Å². The second-order valence-electron chi connectivity index (χ2n) is 6.18. The average Bonchev–Trinajstić information content (AvgIpc) is 3.32. The van der Waals surface area contributed by atoms with Gasteiger partial charge in [0.2, 0.25) is 11.8 Å². The van der Waals surface area contributed by atoms with Crippen molar-refractivity contribution in [3.63, 3.8) is 0 Å². The summed E-state index contributed by atoms with van der Waals surface area (Å²) in [5.41, 5.74) is 1.58. The molecule has 4 rings (SSSR count). The van der Waals surface area contributed by atoms with E-state index in [1.54, 1.807) is 42.6 Å². The lowest BCUT2D eigenvalue weighted by Crippen LogP contribution is -2.24. The summed E-state index contributed by atoms with van der Waals surface area (Å²) in [7, 11) is 1.58. The fourth-order valence-corrected chi connectivity index (χ4v) is 4.71. The maximum absolute atomic E-state index is 12.3. The van der Waals surface area contributed by atoms with Gasteiger partial charge >= 0.3 is 0 Å². The fraction of sp³-hybridized carbons (Fsp3) is 0.278. The Morgan fingerprint density at radius 3 is 2.93 bits per heavy atom. The number of carbonyl (C=O) groups excluding carboxylic acids is 2. The van der Waals surface area contributed by atoms with E-state index in [-0.39, 0.29) is 24.2 Å². The summed E-state index contributed by atoms with van der Waals surface area (Å²) in [5, 5.41) is 5.56. The number of nitrogens with zero attached hydrogens (tertiary/aromatic N) is 3. The van der Waals surface area contributed by atoms with Crippen molar-refractivity contribution >= 4 is 50.8 Å². The highest BCUT2D eigenvalue weighted by Gasteiger charge is 2.27. The second-order valence-corrected chi connectivity index (χ2v) is 8.44. The molecule has 2 amide bonds. The van der Waals surface area contributed by atoms with E-state index in [9.17, 15) is 9.59 Å². The van der Waals surface area contributed by atoms with Crippen LogP contribution in [0.5, 0.6) is 5.75 Å². The molecule has 0 saturated carbocycles. The summed E-state index contributed by atoms with van der Waals surface area (Å²) in [6.45, 7) is 0.391. The Morgan fingerprint density at radius 2 is 2.21 bits per heavy atom. The van der Waals surface area contributed by atoms with Gasteiger partial charge in [-0.05, 0) is 18.2 Å². The number of ether oxygens (including phenoxy) is 1. The summed E-state index contributed by atoms with van der Waals surface area (Å²) in [6, 6.07) is 5.61. The molecule has 10 heteroatoms. The molecule has 1 saturated heterocycles. The van der Waals surface area contributed by atoms with Gasteiger partial charge in [-0.25, -0.2) is 15.0 Å². The number of amides is 2. The Balaban J connectivity index is 1.41. The molecule has 0 aliphatic carbocycles. The second kappa shape index (κ2) is 8.11. The summed E-state index contributed by atoms with van der Waals surface area (Å²) in [5.74, 6) is 1.39. The Morgan fingerprint density at radius 1 is 1.39 bits per heavy atom. The van der Waals surface area contributed by atoms with Crippen LogP contribution in [0, 0.1) is 5.92 Å². The molecule has 1 aromatic carbocycles. The van der Waals surface area contributed by atoms with Gasteiger partial charge < -0.3 is 15.4 Å². The van der Waals surface area contributed by atoms with Gasteiger partial charge in [-0.3, -0.25) is 9.59 Å². The molecule has 1 aliphatic heterocycles. The lowest BCUT2D eigenvalue weighted by Gasteiger charge is -2.08. The van der Waals surface area contributed by atoms with Crippen LogP contribution in [0.15, 0.2) is 34.9 Å². The molecule has 0 unspecified atom stereocenters. The Kier molecular flexibility index (Phi) is 5.40. The van der Waals surface area contributed by atoms with Crippen LogP contribution in [-0.2, 0) is 15.3 Å². The van der Waals surface area contributed by atoms with Crippen molar-refractivity contribution in [3.8, 4) is 5.75 Å². The van der Waals surface area contributed by atoms with Gasteiger partial charge in [0.1, 0.15) is 5.82 Å². The largest absolute Gasteiger partial charge is 0.494 e. The number of anilines is 1. The minimum Gasteiger partial charge on any atom is -0.494 e. The molecular formula is C18H17N5O3S2. The maximum atomic E-state index is 12.3. The van der Waals surface area contributed by atoms with E-state index >= 15 is 0 Å². The van der Waals surface area contributed by atoms with Gasteiger partial charge in [0.15, 0.2) is 10.1 Å². The van der Waals surface area contributed by atoms with E-state index in [1.807, 2.05) is 18.2 Å². The SMILES string of the molecule is COc1cnc(CSc2nc3ccc(NC(=O)[C@@H]4CNC(=O)C4)cc3s2)nc1. The zero-order chi connectivity index (χ0) is 19.5. The number of methoxy groups -OCH3 is 1. The van der Waals surface area contributed by atoms with Crippen LogP contribution in [-0.4, -0.2) is 40.4 Å². The highest BCUT2D eigenvalue weighted by Crippen LogP contribution is 2.32. The first-order chi connectivity index (χ1) is 13.6. The maximum Gasteiger partial charge on any atom is 0.229 e. The van der Waals surface area contributed by atoms with E-state index in [0.717, 1.165) is 14.6 Å². The molecule has 1 aliphatic rings. The first-order valence-corrected chi connectivity index (χ1v) is 10.4. The molecule has 3 aromatic rings. The monoisotopic (exact) mass is 415 g/mol. The third kappa shape index (κ3) is 4.23. The van der Waals surface area contributed by atoms with Crippen molar-refractivity contribution < 1.29 is 14.3 Å². The number of hydrogen-bond acceptors (Lipinski definition) is 8. The third-order valence-electron chi connectivity index (χ3n) is 4.23. The minimum absolute atomic E-state index is 0.0828. The van der Waals surface area contributed by atoms with Crippen molar-refractivity contribution in [2.45, 2.75) is 16.5 Å². The van der Waals surface area contributed by atoms with Crippen molar-refractivity contribution in [1.29, 1.82) is 0 Å². The van der Waals surface area contributed by atoms with Crippen LogP contribution in [0.1, 0.15) is 12.2 Å². The highest BCUT2D eigenvalue weighted by atomic mass is 32.2. The van der Waals surface area contributed by atoms with Gasteiger partial charge in [-0.1, -0.05) is 11.8 Å². The molecule has 1 atom stereocenters. The summed E-state index contributed by atoms with van der Waals surface area (Å²) in [4.78, 5) is 36.6. The summed E-state index contributed by atoms with van der Waals surface area (Å²) < 4.78 is 6.94. The van der Waals surface area contributed by atoms with Crippen LogP contribution in [0.2, 0.25) is 0 Å². The molecule has 0 spiro atoms. The molecule has 144 valence electrons. The number of nitrogens with one attached hydrogen (secondary N) is 2. The fourth-order valence-electron chi connectivity index (χ4n) is 2.73. The molecule has 3 heterocycles. The predicted octanol–water partition coefficient (Wildman–Crippen LogP) is 2.46. The quantitative estimate of drug-likeness (QED) is 0.596. The van der Waals surface area contributed by atoms with Crippen molar-refractivity contribution in [2.75, 3.05) is 19.0 Å². The molecule has 8 nitrogen and oxygen atoms in total. The number of aromatic nitrogens is 3. The van der Waals surface area contributed by atoms with Gasteiger partial charge in [-0.2, -0.15) is 0 Å². The number of thiazole rings is 1. The zero-order valence-electron chi connectivity index (χ0n) is 15.0. The summed E-state index contributed by atoms with van der Waals surface area (Å²) >= 11 is 3.11. The Hall–Kier alpha value is -2.72. The third-order valence-corrected chi connectivity index (χ3v) is 6.38. The molecule has 2 aromatic heterocycles. The molecular weight excluding hydrogens is 398 g/mol. The van der Waals surface area contributed by atoms with Crippen molar-refractivity contribution in [2.24, 2.45) is 5.92 Å². The van der Waals surface area contributed by atoms with Crippen molar-refractivity contribution in [1.82, 2.24) is 20.3 Å². The van der Waals surface area contributed by atoms with Crippen LogP contribution >= 0.6 is 23.1 Å². The van der Waals surface area contributed by atoms with E-state index in [1.165, 1.54) is 0 Å². The first kappa shape index (κ1) is 18.6. The van der Waals surface area contributed by atoms with Crippen LogP contribution in [0.3, 0.4) is 0 Å². The smallest absolute Gasteiger partial charge is 0.229 e. The Labute approximate surface area is 169 Å². The topological polar surface area (TPSA) is 106 Å². The number of thioether (sulfide) groups is 1. The lowest BCUT2D eigenvalue weighted by atomic mass is 10.1. The normalized spacial score (nSPS) is 16.2. The molecule has 28 heavy (non-hydrogen) atoms. The van der Waals surface area contributed by atoms with Gasteiger partial charge in [-0.15, -0.1) is 11.3 Å². The molecule has 0 bridgehead atoms. The number of hydrogen-bond donors (Lipinski definition) is 2. The average molecular weight is 416 g/mol. The number of benzene rings is 1. The van der Waals surface area contributed by atoms with Gasteiger partial charge in [0, 0.05) is 18.7 Å². The van der Waals surface area contributed by atoms with Gasteiger partial charge in [0.25, 0.3) is 0 Å². The van der Waals surface area contributed by atoms with E-state index < -0.39 is 0 Å². The predicted molar refractivity (Wildman–Crippen MR) is 108 cm³/mol.